The molecular weight excluding hydrogens is 320 g/mol. The lowest BCUT2D eigenvalue weighted by Crippen LogP contribution is -2.38. The highest BCUT2D eigenvalue weighted by molar-refractivity contribution is 6.04. The van der Waals surface area contributed by atoms with Crippen molar-refractivity contribution in [2.24, 2.45) is 7.05 Å². The van der Waals surface area contributed by atoms with E-state index >= 15 is 0 Å². The number of hydrogen-bond donors (Lipinski definition) is 2. The Kier molecular flexibility index (Phi) is 5.14. The summed E-state index contributed by atoms with van der Waals surface area (Å²) < 4.78 is 7.48. The molecule has 3 rings (SSSR count). The van der Waals surface area contributed by atoms with Crippen molar-refractivity contribution in [3.8, 4) is 0 Å². The van der Waals surface area contributed by atoms with Crippen molar-refractivity contribution >= 4 is 17.5 Å². The topological polar surface area (TPSA) is 85.2 Å². The maximum atomic E-state index is 12.4. The van der Waals surface area contributed by atoms with Crippen LogP contribution in [0, 0.1) is 0 Å². The molecule has 2 aromatic rings. The van der Waals surface area contributed by atoms with Gasteiger partial charge in [0.05, 0.1) is 17.9 Å². The van der Waals surface area contributed by atoms with Crippen LogP contribution in [0.3, 0.4) is 0 Å². The molecule has 2 amide bonds. The van der Waals surface area contributed by atoms with Gasteiger partial charge in [0.15, 0.2) is 0 Å². The fourth-order valence-corrected chi connectivity index (χ4v) is 3.06. The van der Waals surface area contributed by atoms with Gasteiger partial charge in [-0.25, -0.2) is 0 Å². The van der Waals surface area contributed by atoms with Crippen molar-refractivity contribution in [3.63, 3.8) is 0 Å². The summed E-state index contributed by atoms with van der Waals surface area (Å²) in [5.41, 5.74) is 2.12. The molecule has 0 bridgehead atoms. The molecule has 1 fully saturated rings. The standard InChI is InChI=1S/C18H22N4O3/c1-12(23)20-14-7-8-25-17(9-14)15-5-3-4-6-16(15)21-18(24)13-10-19-22(2)11-13/h3-6,10-11,14,17H,7-9H2,1-2H3,(H,20,23)(H,21,24)/t14-,17+/m1/s1. The molecule has 1 aromatic heterocycles. The number of aryl methyl sites for hydroxylation is 1. The van der Waals surface area contributed by atoms with Crippen LogP contribution in [0.25, 0.3) is 0 Å². The van der Waals surface area contributed by atoms with Gasteiger partial charge in [0.1, 0.15) is 0 Å². The third-order valence-electron chi connectivity index (χ3n) is 4.21. The Morgan fingerprint density at radius 3 is 2.84 bits per heavy atom. The zero-order valence-corrected chi connectivity index (χ0v) is 14.4. The van der Waals surface area contributed by atoms with Gasteiger partial charge in [-0.15, -0.1) is 0 Å². The number of carbonyl (C=O) groups excluding carboxylic acids is 2. The molecule has 0 saturated carbocycles. The second kappa shape index (κ2) is 7.48. The van der Waals surface area contributed by atoms with Gasteiger partial charge in [-0.2, -0.15) is 5.10 Å². The monoisotopic (exact) mass is 342 g/mol. The lowest BCUT2D eigenvalue weighted by molar-refractivity contribution is -0.120. The Morgan fingerprint density at radius 1 is 1.32 bits per heavy atom. The molecule has 2 atom stereocenters. The van der Waals surface area contributed by atoms with E-state index in [-0.39, 0.29) is 24.0 Å². The summed E-state index contributed by atoms with van der Waals surface area (Å²) in [6.07, 6.45) is 4.50. The highest BCUT2D eigenvalue weighted by Crippen LogP contribution is 2.33. The summed E-state index contributed by atoms with van der Waals surface area (Å²) in [4.78, 5) is 23.7. The number of benzene rings is 1. The van der Waals surface area contributed by atoms with Gasteiger partial charge < -0.3 is 15.4 Å². The smallest absolute Gasteiger partial charge is 0.258 e. The zero-order chi connectivity index (χ0) is 17.8. The van der Waals surface area contributed by atoms with E-state index in [1.807, 2.05) is 24.3 Å². The average Bonchev–Trinajstić information content (AvgIpc) is 3.02. The number of carbonyl (C=O) groups is 2. The Labute approximate surface area is 146 Å². The van der Waals surface area contributed by atoms with Crippen molar-refractivity contribution in [1.29, 1.82) is 0 Å². The summed E-state index contributed by atoms with van der Waals surface area (Å²) in [6.45, 7) is 2.09. The molecule has 7 heteroatoms. The number of para-hydroxylation sites is 1. The van der Waals surface area contributed by atoms with E-state index in [0.717, 1.165) is 12.0 Å². The normalized spacial score (nSPS) is 20.1. The van der Waals surface area contributed by atoms with Crippen LogP contribution in [-0.2, 0) is 16.6 Å². The number of hydrogen-bond acceptors (Lipinski definition) is 4. The van der Waals surface area contributed by atoms with Gasteiger partial charge in [-0.3, -0.25) is 14.3 Å². The highest BCUT2D eigenvalue weighted by Gasteiger charge is 2.26. The number of rotatable bonds is 4. The van der Waals surface area contributed by atoms with Gasteiger partial charge in [0.2, 0.25) is 5.91 Å². The van der Waals surface area contributed by atoms with Crippen LogP contribution in [0.4, 0.5) is 5.69 Å². The highest BCUT2D eigenvalue weighted by atomic mass is 16.5. The lowest BCUT2D eigenvalue weighted by Gasteiger charge is -2.31. The molecule has 1 saturated heterocycles. The molecule has 1 aromatic carbocycles. The predicted molar refractivity (Wildman–Crippen MR) is 93.1 cm³/mol. The third kappa shape index (κ3) is 4.24. The van der Waals surface area contributed by atoms with Crippen molar-refractivity contribution in [1.82, 2.24) is 15.1 Å². The predicted octanol–water partition coefficient (Wildman–Crippen LogP) is 2.03. The molecule has 132 valence electrons. The number of nitrogens with zero attached hydrogens (tertiary/aromatic N) is 2. The summed E-state index contributed by atoms with van der Waals surface area (Å²) in [5.74, 6) is -0.251. The molecule has 25 heavy (non-hydrogen) atoms. The molecule has 1 aliphatic heterocycles. The largest absolute Gasteiger partial charge is 0.373 e. The molecule has 2 heterocycles. The first-order valence-corrected chi connectivity index (χ1v) is 8.30. The Morgan fingerprint density at radius 2 is 2.12 bits per heavy atom. The molecular formula is C18H22N4O3. The van der Waals surface area contributed by atoms with Crippen LogP contribution in [0.2, 0.25) is 0 Å². The fourth-order valence-electron chi connectivity index (χ4n) is 3.06. The van der Waals surface area contributed by atoms with Gasteiger partial charge in [0.25, 0.3) is 5.91 Å². The summed E-state index contributed by atoms with van der Waals surface area (Å²) in [5, 5.41) is 9.91. The van der Waals surface area contributed by atoms with Crippen molar-refractivity contribution in [2.75, 3.05) is 11.9 Å². The number of aromatic nitrogens is 2. The fraction of sp³-hybridized carbons (Fsp3) is 0.389. The van der Waals surface area contributed by atoms with Gasteiger partial charge in [-0.05, 0) is 18.9 Å². The maximum absolute atomic E-state index is 12.4. The summed E-state index contributed by atoms with van der Waals surface area (Å²) >= 11 is 0. The van der Waals surface area contributed by atoms with Crippen LogP contribution in [-0.4, -0.2) is 34.2 Å². The van der Waals surface area contributed by atoms with Gasteiger partial charge >= 0.3 is 0 Å². The quantitative estimate of drug-likeness (QED) is 0.890. The van der Waals surface area contributed by atoms with Crippen LogP contribution < -0.4 is 10.6 Å². The van der Waals surface area contributed by atoms with E-state index < -0.39 is 0 Å². The van der Waals surface area contributed by atoms with E-state index in [4.69, 9.17) is 4.74 Å². The van der Waals surface area contributed by atoms with E-state index in [2.05, 4.69) is 15.7 Å². The molecule has 2 N–H and O–H groups in total. The van der Waals surface area contributed by atoms with E-state index in [1.165, 1.54) is 13.1 Å². The second-order valence-corrected chi connectivity index (χ2v) is 6.23. The Balaban J connectivity index is 1.76. The second-order valence-electron chi connectivity index (χ2n) is 6.23. The van der Waals surface area contributed by atoms with Crippen molar-refractivity contribution in [3.05, 3.63) is 47.8 Å². The minimum absolute atomic E-state index is 0.0381. The Bertz CT molecular complexity index is 771. The molecule has 0 radical (unpaired) electrons. The SMILES string of the molecule is CC(=O)N[C@@H]1CCO[C@H](c2ccccc2NC(=O)c2cnn(C)c2)C1. The molecule has 0 unspecified atom stereocenters. The van der Waals surface area contributed by atoms with Crippen molar-refractivity contribution < 1.29 is 14.3 Å². The van der Waals surface area contributed by atoms with Gasteiger partial charge in [-0.1, -0.05) is 18.2 Å². The van der Waals surface area contributed by atoms with E-state index in [0.29, 0.717) is 24.3 Å². The van der Waals surface area contributed by atoms with Crippen LogP contribution in [0.1, 0.15) is 41.8 Å². The number of amides is 2. The minimum Gasteiger partial charge on any atom is -0.373 e. The number of anilines is 1. The summed E-state index contributed by atoms with van der Waals surface area (Å²) in [6, 6.07) is 7.67. The van der Waals surface area contributed by atoms with Crippen LogP contribution >= 0.6 is 0 Å². The number of ether oxygens (including phenoxy) is 1. The first-order valence-electron chi connectivity index (χ1n) is 8.30. The third-order valence-corrected chi connectivity index (χ3v) is 4.21. The van der Waals surface area contributed by atoms with Crippen LogP contribution in [0.5, 0.6) is 0 Å². The molecule has 0 spiro atoms. The maximum Gasteiger partial charge on any atom is 0.258 e. The van der Waals surface area contributed by atoms with Crippen LogP contribution in [0.15, 0.2) is 36.7 Å². The average molecular weight is 342 g/mol. The first-order chi connectivity index (χ1) is 12.0. The van der Waals surface area contributed by atoms with Gasteiger partial charge in [0, 0.05) is 44.1 Å². The minimum atomic E-state index is -0.213. The lowest BCUT2D eigenvalue weighted by atomic mass is 9.96. The molecule has 0 aliphatic carbocycles. The summed E-state index contributed by atoms with van der Waals surface area (Å²) in [7, 11) is 1.77. The first kappa shape index (κ1) is 17.2. The van der Waals surface area contributed by atoms with E-state index in [9.17, 15) is 9.59 Å². The van der Waals surface area contributed by atoms with Crippen molar-refractivity contribution in [2.45, 2.75) is 31.9 Å². The molecule has 7 nitrogen and oxygen atoms in total. The molecule has 1 aliphatic rings. The zero-order valence-electron chi connectivity index (χ0n) is 14.4. The van der Waals surface area contributed by atoms with E-state index in [1.54, 1.807) is 17.9 Å². The Hall–Kier alpha value is -2.67. The number of nitrogens with one attached hydrogen (secondary N) is 2.